The highest BCUT2D eigenvalue weighted by Crippen LogP contribution is 2.22. The predicted molar refractivity (Wildman–Crippen MR) is 95.5 cm³/mol. The van der Waals surface area contributed by atoms with Gasteiger partial charge in [0.15, 0.2) is 0 Å². The first kappa shape index (κ1) is 17.7. The van der Waals surface area contributed by atoms with Crippen LogP contribution in [0, 0.1) is 13.8 Å². The first-order chi connectivity index (χ1) is 11.4. The highest BCUT2D eigenvalue weighted by atomic mass is 32.2. The third-order valence-corrected chi connectivity index (χ3v) is 7.51. The molecular formula is C16H23N3O3S2. The number of carbonyl (C=O) groups is 1. The third kappa shape index (κ3) is 3.46. The van der Waals surface area contributed by atoms with Gasteiger partial charge in [0.05, 0.1) is 10.9 Å². The van der Waals surface area contributed by atoms with E-state index >= 15 is 0 Å². The summed E-state index contributed by atoms with van der Waals surface area (Å²) in [7, 11) is -3.50. The van der Waals surface area contributed by atoms with E-state index in [0.717, 1.165) is 22.8 Å². The molecular weight excluding hydrogens is 346 g/mol. The van der Waals surface area contributed by atoms with E-state index in [1.165, 1.54) is 4.31 Å². The summed E-state index contributed by atoms with van der Waals surface area (Å²) in [5, 5.41) is 3.17. The summed E-state index contributed by atoms with van der Waals surface area (Å²) in [6, 6.07) is 5.26. The van der Waals surface area contributed by atoms with Gasteiger partial charge in [-0.25, -0.2) is 8.42 Å². The van der Waals surface area contributed by atoms with E-state index in [2.05, 4.69) is 5.32 Å². The summed E-state index contributed by atoms with van der Waals surface area (Å²) in [6.45, 7) is 5.37. The molecule has 2 saturated heterocycles. The van der Waals surface area contributed by atoms with Gasteiger partial charge >= 0.3 is 0 Å². The van der Waals surface area contributed by atoms with Crippen LogP contribution in [0.4, 0.5) is 0 Å². The fraction of sp³-hybridized carbons (Fsp3) is 0.562. The van der Waals surface area contributed by atoms with Gasteiger partial charge < -0.3 is 4.90 Å². The molecule has 3 rings (SSSR count). The quantitative estimate of drug-likeness (QED) is 0.853. The number of carbonyl (C=O) groups excluding carboxylic acids is 1. The number of nitrogens with one attached hydrogen (secondary N) is 1. The molecule has 24 heavy (non-hydrogen) atoms. The second-order valence-electron chi connectivity index (χ2n) is 6.27. The maximum atomic E-state index is 12.9. The van der Waals surface area contributed by atoms with Crippen LogP contribution in [0.3, 0.4) is 0 Å². The van der Waals surface area contributed by atoms with Gasteiger partial charge in [-0.1, -0.05) is 17.7 Å². The molecule has 2 heterocycles. The van der Waals surface area contributed by atoms with Crippen molar-refractivity contribution in [1.29, 1.82) is 0 Å². The Hall–Kier alpha value is -1.09. The number of aryl methyl sites for hydroxylation is 2. The van der Waals surface area contributed by atoms with Gasteiger partial charge in [-0.2, -0.15) is 4.31 Å². The van der Waals surface area contributed by atoms with Crippen LogP contribution < -0.4 is 5.32 Å². The predicted octanol–water partition coefficient (Wildman–Crippen LogP) is 0.799. The Morgan fingerprint density at radius 1 is 1.21 bits per heavy atom. The molecule has 2 aliphatic heterocycles. The molecule has 1 amide bonds. The molecule has 6 nitrogen and oxygen atoms in total. The Labute approximate surface area is 147 Å². The van der Waals surface area contributed by atoms with Crippen molar-refractivity contribution < 1.29 is 13.2 Å². The summed E-state index contributed by atoms with van der Waals surface area (Å²) >= 11 is 1.71. The minimum Gasteiger partial charge on any atom is -0.339 e. The molecule has 8 heteroatoms. The van der Waals surface area contributed by atoms with Gasteiger partial charge in [-0.3, -0.25) is 10.1 Å². The van der Waals surface area contributed by atoms with Gasteiger partial charge in [0.1, 0.15) is 0 Å². The molecule has 1 unspecified atom stereocenters. The van der Waals surface area contributed by atoms with Gasteiger partial charge in [-0.05, 0) is 25.5 Å². The molecule has 0 radical (unpaired) electrons. The normalized spacial score (nSPS) is 22.8. The lowest BCUT2D eigenvalue weighted by Crippen LogP contribution is -2.54. The van der Waals surface area contributed by atoms with Crippen molar-refractivity contribution in [3.63, 3.8) is 0 Å². The van der Waals surface area contributed by atoms with Crippen molar-refractivity contribution in [3.05, 3.63) is 29.3 Å². The smallest absolute Gasteiger partial charge is 0.243 e. The molecule has 0 bridgehead atoms. The maximum Gasteiger partial charge on any atom is 0.243 e. The van der Waals surface area contributed by atoms with Crippen LogP contribution >= 0.6 is 11.8 Å². The van der Waals surface area contributed by atoms with Crippen molar-refractivity contribution in [3.8, 4) is 0 Å². The monoisotopic (exact) mass is 369 g/mol. The van der Waals surface area contributed by atoms with Crippen LogP contribution in [0.15, 0.2) is 23.1 Å². The molecule has 0 saturated carbocycles. The topological polar surface area (TPSA) is 69.7 Å². The number of thioether (sulfide) groups is 1. The Bertz CT molecular complexity index is 722. The van der Waals surface area contributed by atoms with E-state index in [9.17, 15) is 13.2 Å². The minimum absolute atomic E-state index is 0.0866. The first-order valence-electron chi connectivity index (χ1n) is 8.07. The van der Waals surface area contributed by atoms with Crippen molar-refractivity contribution in [2.75, 3.05) is 37.8 Å². The molecule has 132 valence electrons. The van der Waals surface area contributed by atoms with E-state index in [0.29, 0.717) is 31.1 Å². The van der Waals surface area contributed by atoms with E-state index in [4.69, 9.17) is 0 Å². The van der Waals surface area contributed by atoms with Gasteiger partial charge in [0, 0.05) is 37.8 Å². The molecule has 2 aliphatic rings. The summed E-state index contributed by atoms with van der Waals surface area (Å²) in [5.74, 6) is 1.68. The number of amides is 1. The van der Waals surface area contributed by atoms with E-state index in [1.54, 1.807) is 22.7 Å². The van der Waals surface area contributed by atoms with Gasteiger partial charge in [-0.15, -0.1) is 11.8 Å². The number of nitrogens with zero attached hydrogens (tertiary/aromatic N) is 2. The molecule has 1 aromatic rings. The number of hydrogen-bond acceptors (Lipinski definition) is 5. The second-order valence-corrected chi connectivity index (χ2v) is 9.21. The van der Waals surface area contributed by atoms with E-state index < -0.39 is 10.0 Å². The minimum atomic E-state index is -3.50. The maximum absolute atomic E-state index is 12.9. The summed E-state index contributed by atoms with van der Waals surface area (Å²) < 4.78 is 27.2. The Balaban J connectivity index is 1.68. The lowest BCUT2D eigenvalue weighted by molar-refractivity contribution is -0.133. The number of piperazine rings is 1. The van der Waals surface area contributed by atoms with Crippen LogP contribution in [0.5, 0.6) is 0 Å². The largest absolute Gasteiger partial charge is 0.339 e. The highest BCUT2D eigenvalue weighted by Gasteiger charge is 2.33. The number of benzene rings is 1. The number of hydrogen-bond donors (Lipinski definition) is 1. The number of rotatable bonds is 3. The SMILES string of the molecule is Cc1ccc(S(=O)(=O)N2CCN(C(=O)C3CSCN3)CC2)c(C)c1. The van der Waals surface area contributed by atoms with Crippen LogP contribution in [-0.4, -0.2) is 67.4 Å². The lowest BCUT2D eigenvalue weighted by Gasteiger charge is -2.35. The van der Waals surface area contributed by atoms with Crippen molar-refractivity contribution in [2.45, 2.75) is 24.8 Å². The van der Waals surface area contributed by atoms with Crippen molar-refractivity contribution in [2.24, 2.45) is 0 Å². The molecule has 0 aliphatic carbocycles. The van der Waals surface area contributed by atoms with Gasteiger partial charge in [0.25, 0.3) is 0 Å². The molecule has 1 aromatic carbocycles. The average Bonchev–Trinajstić information content (AvgIpc) is 3.08. The lowest BCUT2D eigenvalue weighted by atomic mass is 10.2. The molecule has 1 atom stereocenters. The van der Waals surface area contributed by atoms with Crippen LogP contribution in [-0.2, 0) is 14.8 Å². The second kappa shape index (κ2) is 7.03. The fourth-order valence-corrected chi connectivity index (χ4v) is 5.71. The standard InChI is InChI=1S/C16H23N3O3S2/c1-12-3-4-15(13(2)9-12)24(21,22)19-7-5-18(6-8-19)16(20)14-10-23-11-17-14/h3-4,9,14,17H,5-8,10-11H2,1-2H3. The zero-order valence-electron chi connectivity index (χ0n) is 14.0. The fourth-order valence-electron chi connectivity index (χ4n) is 3.15. The van der Waals surface area contributed by atoms with E-state index in [1.807, 2.05) is 26.0 Å². The first-order valence-corrected chi connectivity index (χ1v) is 10.7. The number of sulfonamides is 1. The van der Waals surface area contributed by atoms with Crippen LogP contribution in [0.1, 0.15) is 11.1 Å². The summed E-state index contributed by atoms with van der Waals surface area (Å²) in [5.41, 5.74) is 1.81. The van der Waals surface area contributed by atoms with Gasteiger partial charge in [0.2, 0.25) is 15.9 Å². The Morgan fingerprint density at radius 2 is 1.92 bits per heavy atom. The third-order valence-electron chi connectivity index (χ3n) is 4.51. The molecule has 2 fully saturated rings. The average molecular weight is 370 g/mol. The Morgan fingerprint density at radius 3 is 2.50 bits per heavy atom. The zero-order valence-corrected chi connectivity index (χ0v) is 15.6. The molecule has 1 N–H and O–H groups in total. The highest BCUT2D eigenvalue weighted by molar-refractivity contribution is 7.99. The van der Waals surface area contributed by atoms with Crippen molar-refractivity contribution >= 4 is 27.7 Å². The zero-order chi connectivity index (χ0) is 17.3. The van der Waals surface area contributed by atoms with E-state index in [-0.39, 0.29) is 11.9 Å². The van der Waals surface area contributed by atoms with Crippen LogP contribution in [0.2, 0.25) is 0 Å². The summed E-state index contributed by atoms with van der Waals surface area (Å²) in [4.78, 5) is 14.5. The molecule has 0 spiro atoms. The summed E-state index contributed by atoms with van der Waals surface area (Å²) in [6.07, 6.45) is 0. The Kier molecular flexibility index (Phi) is 5.19. The van der Waals surface area contributed by atoms with Crippen LogP contribution in [0.25, 0.3) is 0 Å². The van der Waals surface area contributed by atoms with Crippen molar-refractivity contribution in [1.82, 2.24) is 14.5 Å². The molecule has 0 aromatic heterocycles.